The summed E-state index contributed by atoms with van der Waals surface area (Å²) < 4.78 is 5.56. The Morgan fingerprint density at radius 3 is 2.90 bits per heavy atom. The first-order valence-corrected chi connectivity index (χ1v) is 7.15. The van der Waals surface area contributed by atoms with Gasteiger partial charge in [-0.2, -0.15) is 0 Å². The van der Waals surface area contributed by atoms with Crippen LogP contribution in [0.15, 0.2) is 12.1 Å². The zero-order valence-electron chi connectivity index (χ0n) is 12.6. The first kappa shape index (κ1) is 16.4. The number of amides is 1. The average Bonchev–Trinajstić information content (AvgIpc) is 2.38. The van der Waals surface area contributed by atoms with Crippen LogP contribution in [0, 0.1) is 6.92 Å². The van der Waals surface area contributed by atoms with Gasteiger partial charge in [0.15, 0.2) is 6.61 Å². The van der Waals surface area contributed by atoms with E-state index in [1.54, 1.807) is 0 Å². The molecule has 0 spiro atoms. The maximum absolute atomic E-state index is 11.8. The Balaban J connectivity index is 2.54. The highest BCUT2D eigenvalue weighted by Gasteiger charge is 2.10. The molecule has 0 fully saturated rings. The number of nitrogens with zero attached hydrogens (tertiary/aromatic N) is 1. The van der Waals surface area contributed by atoms with E-state index in [9.17, 15) is 4.79 Å². The van der Waals surface area contributed by atoms with Gasteiger partial charge in [0.05, 0.1) is 5.69 Å². The summed E-state index contributed by atoms with van der Waals surface area (Å²) in [6.07, 6.45) is 2.66. The molecule has 5 heteroatoms. The van der Waals surface area contributed by atoms with Crippen molar-refractivity contribution in [3.05, 3.63) is 23.5 Å². The number of carbonyl (C=O) groups excluding carboxylic acids is 1. The fraction of sp³-hybridized carbons (Fsp3) is 0.600. The van der Waals surface area contributed by atoms with E-state index < -0.39 is 0 Å². The van der Waals surface area contributed by atoms with Crippen LogP contribution in [-0.4, -0.2) is 30.1 Å². The number of aryl methyl sites for hydroxylation is 1. The third kappa shape index (κ3) is 5.57. The van der Waals surface area contributed by atoms with Crippen LogP contribution in [0.3, 0.4) is 0 Å². The molecule has 112 valence electrons. The standard InChI is InChI=1S/C15H25N3O2/c1-4-5-11(2)18-15(19)10-20-14-7-6-12(3)17-13(14)8-9-16/h6-7,11H,4-5,8-10,16H2,1-3H3,(H,18,19). The first-order chi connectivity index (χ1) is 9.56. The van der Waals surface area contributed by atoms with Crippen LogP contribution in [0.2, 0.25) is 0 Å². The van der Waals surface area contributed by atoms with Crippen LogP contribution in [0.1, 0.15) is 38.1 Å². The number of carbonyl (C=O) groups is 1. The number of aromatic nitrogens is 1. The topological polar surface area (TPSA) is 77.2 Å². The zero-order valence-corrected chi connectivity index (χ0v) is 12.6. The number of pyridine rings is 1. The van der Waals surface area contributed by atoms with E-state index >= 15 is 0 Å². The Hall–Kier alpha value is -1.62. The predicted molar refractivity (Wildman–Crippen MR) is 79.7 cm³/mol. The van der Waals surface area contributed by atoms with Crippen molar-refractivity contribution in [3.63, 3.8) is 0 Å². The van der Waals surface area contributed by atoms with Crippen LogP contribution in [-0.2, 0) is 11.2 Å². The molecule has 0 aromatic carbocycles. The second-order valence-corrected chi connectivity index (χ2v) is 4.98. The molecule has 1 amide bonds. The normalized spacial score (nSPS) is 12.0. The molecule has 3 N–H and O–H groups in total. The molecule has 5 nitrogen and oxygen atoms in total. The van der Waals surface area contributed by atoms with E-state index in [1.165, 1.54) is 0 Å². The lowest BCUT2D eigenvalue weighted by Gasteiger charge is -2.14. The van der Waals surface area contributed by atoms with Gasteiger partial charge >= 0.3 is 0 Å². The molecule has 1 unspecified atom stereocenters. The minimum absolute atomic E-state index is 0.0103. The molecule has 0 radical (unpaired) electrons. The third-order valence-electron chi connectivity index (χ3n) is 2.94. The summed E-state index contributed by atoms with van der Waals surface area (Å²) in [5.41, 5.74) is 7.29. The molecule has 0 saturated heterocycles. The maximum Gasteiger partial charge on any atom is 0.258 e. The van der Waals surface area contributed by atoms with Crippen molar-refractivity contribution in [2.45, 2.75) is 46.1 Å². The zero-order chi connectivity index (χ0) is 15.0. The van der Waals surface area contributed by atoms with E-state index in [0.29, 0.717) is 18.7 Å². The van der Waals surface area contributed by atoms with Crippen molar-refractivity contribution < 1.29 is 9.53 Å². The molecule has 0 saturated carbocycles. The molecule has 0 bridgehead atoms. The summed E-state index contributed by atoms with van der Waals surface area (Å²) in [4.78, 5) is 16.2. The molecule has 1 aromatic heterocycles. The van der Waals surface area contributed by atoms with Gasteiger partial charge in [-0.3, -0.25) is 9.78 Å². The summed E-state index contributed by atoms with van der Waals surface area (Å²) in [6, 6.07) is 3.89. The monoisotopic (exact) mass is 279 g/mol. The Kier molecular flexibility index (Phi) is 7.01. The Bertz CT molecular complexity index is 435. The quantitative estimate of drug-likeness (QED) is 0.757. The van der Waals surface area contributed by atoms with E-state index in [4.69, 9.17) is 10.5 Å². The van der Waals surface area contributed by atoms with Crippen LogP contribution >= 0.6 is 0 Å². The van der Waals surface area contributed by atoms with E-state index in [2.05, 4.69) is 17.2 Å². The highest BCUT2D eigenvalue weighted by Crippen LogP contribution is 2.17. The Morgan fingerprint density at radius 2 is 2.25 bits per heavy atom. The summed E-state index contributed by atoms with van der Waals surface area (Å²) in [7, 11) is 0. The van der Waals surface area contributed by atoms with Crippen LogP contribution in [0.25, 0.3) is 0 Å². The summed E-state index contributed by atoms with van der Waals surface area (Å²) in [5, 5.41) is 2.90. The SMILES string of the molecule is CCCC(C)NC(=O)COc1ccc(C)nc1CCN. The Morgan fingerprint density at radius 1 is 1.50 bits per heavy atom. The van der Waals surface area contributed by atoms with Gasteiger partial charge < -0.3 is 15.8 Å². The van der Waals surface area contributed by atoms with Gasteiger partial charge in [0.1, 0.15) is 5.75 Å². The molecule has 0 aliphatic heterocycles. The fourth-order valence-electron chi connectivity index (χ4n) is 2.01. The van der Waals surface area contributed by atoms with Crippen molar-refractivity contribution in [2.24, 2.45) is 5.73 Å². The van der Waals surface area contributed by atoms with E-state index in [0.717, 1.165) is 24.2 Å². The van der Waals surface area contributed by atoms with Gasteiger partial charge in [-0.05, 0) is 38.9 Å². The lowest BCUT2D eigenvalue weighted by atomic mass is 10.2. The van der Waals surface area contributed by atoms with Gasteiger partial charge in [-0.25, -0.2) is 0 Å². The molecule has 0 aliphatic rings. The highest BCUT2D eigenvalue weighted by molar-refractivity contribution is 5.77. The number of rotatable bonds is 8. The predicted octanol–water partition coefficient (Wildman–Crippen LogP) is 1.57. The molecular weight excluding hydrogens is 254 g/mol. The molecule has 1 heterocycles. The number of nitrogens with one attached hydrogen (secondary N) is 1. The van der Waals surface area contributed by atoms with Crippen LogP contribution in [0.5, 0.6) is 5.75 Å². The molecular formula is C15H25N3O2. The van der Waals surface area contributed by atoms with Gasteiger partial charge in [0, 0.05) is 18.2 Å². The van der Waals surface area contributed by atoms with Crippen molar-refractivity contribution in [3.8, 4) is 5.75 Å². The van der Waals surface area contributed by atoms with Crippen LogP contribution < -0.4 is 15.8 Å². The molecule has 1 rings (SSSR count). The number of nitrogens with two attached hydrogens (primary N) is 1. The number of hydrogen-bond acceptors (Lipinski definition) is 4. The molecule has 0 aliphatic carbocycles. The average molecular weight is 279 g/mol. The molecule has 20 heavy (non-hydrogen) atoms. The minimum Gasteiger partial charge on any atom is -0.482 e. The van der Waals surface area contributed by atoms with Crippen LogP contribution in [0.4, 0.5) is 0 Å². The summed E-state index contributed by atoms with van der Waals surface area (Å²) in [5.74, 6) is 0.532. The summed E-state index contributed by atoms with van der Waals surface area (Å²) in [6.45, 7) is 6.52. The molecule has 1 aromatic rings. The van der Waals surface area contributed by atoms with Gasteiger partial charge in [0.2, 0.25) is 0 Å². The highest BCUT2D eigenvalue weighted by atomic mass is 16.5. The lowest BCUT2D eigenvalue weighted by molar-refractivity contribution is -0.123. The van der Waals surface area contributed by atoms with Gasteiger partial charge in [-0.15, -0.1) is 0 Å². The fourth-order valence-corrected chi connectivity index (χ4v) is 2.01. The van der Waals surface area contributed by atoms with Crippen molar-refractivity contribution in [2.75, 3.05) is 13.2 Å². The smallest absolute Gasteiger partial charge is 0.258 e. The Labute approximate surface area is 120 Å². The number of ether oxygens (including phenoxy) is 1. The third-order valence-corrected chi connectivity index (χ3v) is 2.94. The maximum atomic E-state index is 11.8. The van der Waals surface area contributed by atoms with Crippen molar-refractivity contribution >= 4 is 5.91 Å². The van der Waals surface area contributed by atoms with Crippen molar-refractivity contribution in [1.29, 1.82) is 0 Å². The second-order valence-electron chi connectivity index (χ2n) is 4.98. The molecule has 1 atom stereocenters. The van der Waals surface area contributed by atoms with Gasteiger partial charge in [0.25, 0.3) is 5.91 Å². The van der Waals surface area contributed by atoms with E-state index in [-0.39, 0.29) is 18.6 Å². The first-order valence-electron chi connectivity index (χ1n) is 7.15. The summed E-state index contributed by atoms with van der Waals surface area (Å²) >= 11 is 0. The second kappa shape index (κ2) is 8.53. The lowest BCUT2D eigenvalue weighted by Crippen LogP contribution is -2.36. The minimum atomic E-state index is -0.106. The van der Waals surface area contributed by atoms with Crippen molar-refractivity contribution in [1.82, 2.24) is 10.3 Å². The largest absolute Gasteiger partial charge is 0.482 e. The van der Waals surface area contributed by atoms with Gasteiger partial charge in [-0.1, -0.05) is 13.3 Å². The number of hydrogen-bond donors (Lipinski definition) is 2. The van der Waals surface area contributed by atoms with E-state index in [1.807, 2.05) is 26.0 Å².